The van der Waals surface area contributed by atoms with E-state index in [1.807, 2.05) is 40.7 Å². The van der Waals surface area contributed by atoms with Gasteiger partial charge in [-0.15, -0.1) is 0 Å². The molecule has 0 aliphatic carbocycles. The molecule has 5 nitrogen and oxygen atoms in total. The summed E-state index contributed by atoms with van der Waals surface area (Å²) in [5.41, 5.74) is 0.611. The Balaban J connectivity index is 2.84. The fourth-order valence-electron chi connectivity index (χ4n) is 2.21. The second-order valence-corrected chi connectivity index (χ2v) is 5.50. The molecule has 0 aliphatic heterocycles. The molecule has 0 spiro atoms. The summed E-state index contributed by atoms with van der Waals surface area (Å²) < 4.78 is 11.2. The number of nitrogens with one attached hydrogen (secondary N) is 1. The van der Waals surface area contributed by atoms with Crippen LogP contribution < -0.4 is 10.1 Å². The van der Waals surface area contributed by atoms with Crippen LogP contribution in [0.1, 0.15) is 52.7 Å². The van der Waals surface area contributed by atoms with E-state index < -0.39 is 5.60 Å². The number of amides is 1. The lowest BCUT2D eigenvalue weighted by Gasteiger charge is -2.28. The maximum Gasteiger partial charge on any atom is 0.256 e. The van der Waals surface area contributed by atoms with Gasteiger partial charge in [-0.25, -0.2) is 4.98 Å². The minimum atomic E-state index is -0.810. The number of carbonyl (C=O) groups excluding carboxylic acids is 1. The van der Waals surface area contributed by atoms with E-state index in [9.17, 15) is 4.79 Å². The first kappa shape index (κ1) is 18.4. The van der Waals surface area contributed by atoms with Crippen LogP contribution in [-0.4, -0.2) is 29.7 Å². The lowest BCUT2D eigenvalue weighted by molar-refractivity contribution is -0.140. The third-order valence-electron chi connectivity index (χ3n) is 3.43. The molecule has 1 aromatic heterocycles. The highest BCUT2D eigenvalue weighted by Crippen LogP contribution is 2.23. The minimum Gasteiger partial charge on any atom is -0.478 e. The maximum absolute atomic E-state index is 12.6. The number of hydrogen-bond acceptors (Lipinski definition) is 4. The van der Waals surface area contributed by atoms with Gasteiger partial charge in [-0.05, 0) is 39.7 Å². The quantitative estimate of drug-likeness (QED) is 0.755. The van der Waals surface area contributed by atoms with Gasteiger partial charge in [-0.2, -0.15) is 0 Å². The molecule has 0 unspecified atom stereocenters. The highest BCUT2D eigenvalue weighted by atomic mass is 16.5. The molecule has 0 aliphatic rings. The van der Waals surface area contributed by atoms with E-state index in [0.29, 0.717) is 31.2 Å². The summed E-state index contributed by atoms with van der Waals surface area (Å²) in [4.78, 5) is 16.9. The van der Waals surface area contributed by atoms with E-state index >= 15 is 0 Å². The first-order valence-corrected chi connectivity index (χ1v) is 8.02. The van der Waals surface area contributed by atoms with Crippen molar-refractivity contribution in [3.63, 3.8) is 0 Å². The molecule has 5 heteroatoms. The van der Waals surface area contributed by atoms with Crippen LogP contribution in [0.15, 0.2) is 12.1 Å². The Labute approximate surface area is 133 Å². The first-order chi connectivity index (χ1) is 10.5. The largest absolute Gasteiger partial charge is 0.478 e. The molecule has 22 heavy (non-hydrogen) atoms. The molecule has 1 heterocycles. The summed E-state index contributed by atoms with van der Waals surface area (Å²) in [6, 6.07) is 3.58. The van der Waals surface area contributed by atoms with Gasteiger partial charge in [-0.1, -0.05) is 20.3 Å². The Kier molecular flexibility index (Phi) is 7.32. The number of anilines is 1. The van der Waals surface area contributed by atoms with E-state index in [4.69, 9.17) is 9.47 Å². The molecule has 1 N–H and O–H groups in total. The SMILES string of the molecule is CCCO[C@](C)(CCC)C(=O)Nc1ccc(OCC)nc1C. The standard InChI is InChI=1S/C17H28N2O3/c1-6-11-17(5,22-12-7-2)16(20)19-14-9-10-15(21-8-3)18-13(14)4/h9-10H,6-8,11-12H2,1-5H3,(H,19,20)/t17-/m1/s1. The van der Waals surface area contributed by atoms with Gasteiger partial charge in [0.1, 0.15) is 5.60 Å². The fraction of sp³-hybridized carbons (Fsp3) is 0.647. The zero-order chi connectivity index (χ0) is 16.6. The van der Waals surface area contributed by atoms with Crippen molar-refractivity contribution in [3.05, 3.63) is 17.8 Å². The van der Waals surface area contributed by atoms with Crippen LogP contribution >= 0.6 is 0 Å². The molecule has 1 atom stereocenters. The van der Waals surface area contributed by atoms with Crippen molar-refractivity contribution in [3.8, 4) is 5.88 Å². The fourth-order valence-corrected chi connectivity index (χ4v) is 2.21. The lowest BCUT2D eigenvalue weighted by Crippen LogP contribution is -2.43. The van der Waals surface area contributed by atoms with E-state index in [0.717, 1.165) is 18.5 Å². The van der Waals surface area contributed by atoms with Crippen molar-refractivity contribution in [2.75, 3.05) is 18.5 Å². The topological polar surface area (TPSA) is 60.5 Å². The monoisotopic (exact) mass is 308 g/mol. The number of carbonyl (C=O) groups is 1. The molecule has 1 amide bonds. The number of nitrogens with zero attached hydrogens (tertiary/aromatic N) is 1. The Bertz CT molecular complexity index is 491. The van der Waals surface area contributed by atoms with Gasteiger partial charge in [-0.3, -0.25) is 4.79 Å². The smallest absolute Gasteiger partial charge is 0.256 e. The highest BCUT2D eigenvalue weighted by molar-refractivity contribution is 5.97. The summed E-state index contributed by atoms with van der Waals surface area (Å²) >= 11 is 0. The van der Waals surface area contributed by atoms with Crippen LogP contribution in [0.25, 0.3) is 0 Å². The van der Waals surface area contributed by atoms with Crippen LogP contribution in [0, 0.1) is 6.92 Å². The second-order valence-electron chi connectivity index (χ2n) is 5.50. The Hall–Kier alpha value is -1.62. The molecule has 0 radical (unpaired) electrons. The van der Waals surface area contributed by atoms with Crippen molar-refractivity contribution < 1.29 is 14.3 Å². The van der Waals surface area contributed by atoms with Gasteiger partial charge in [0.15, 0.2) is 0 Å². The Morgan fingerprint density at radius 3 is 2.55 bits per heavy atom. The molecule has 0 fully saturated rings. The summed E-state index contributed by atoms with van der Waals surface area (Å²) in [5.74, 6) is 0.438. The van der Waals surface area contributed by atoms with Gasteiger partial charge in [0.05, 0.1) is 18.0 Å². The molecule has 1 aromatic rings. The molecule has 124 valence electrons. The van der Waals surface area contributed by atoms with Gasteiger partial charge < -0.3 is 14.8 Å². The van der Waals surface area contributed by atoms with Crippen LogP contribution in [0.4, 0.5) is 5.69 Å². The molecular formula is C17H28N2O3. The van der Waals surface area contributed by atoms with Crippen molar-refractivity contribution in [1.29, 1.82) is 0 Å². The number of hydrogen-bond donors (Lipinski definition) is 1. The summed E-state index contributed by atoms with van der Waals surface area (Å²) in [6.07, 6.45) is 2.45. The summed E-state index contributed by atoms with van der Waals surface area (Å²) in [5, 5.41) is 2.93. The number of ether oxygens (including phenoxy) is 2. The van der Waals surface area contributed by atoms with Crippen LogP contribution in [0.3, 0.4) is 0 Å². The number of aryl methyl sites for hydroxylation is 1. The van der Waals surface area contributed by atoms with Crippen LogP contribution in [0.5, 0.6) is 5.88 Å². The normalized spacial score (nSPS) is 13.5. The van der Waals surface area contributed by atoms with Crippen molar-refractivity contribution >= 4 is 11.6 Å². The van der Waals surface area contributed by atoms with Gasteiger partial charge >= 0.3 is 0 Å². The average Bonchev–Trinajstić information content (AvgIpc) is 2.48. The van der Waals surface area contributed by atoms with Crippen molar-refractivity contribution in [2.45, 2.75) is 59.5 Å². The maximum atomic E-state index is 12.6. The molecule has 0 saturated heterocycles. The number of pyridine rings is 1. The summed E-state index contributed by atoms with van der Waals surface area (Å²) in [6.45, 7) is 10.8. The molecule has 0 bridgehead atoms. The predicted octanol–water partition coefficient (Wildman–Crippen LogP) is 3.71. The number of aromatic nitrogens is 1. The van der Waals surface area contributed by atoms with E-state index in [1.54, 1.807) is 6.07 Å². The summed E-state index contributed by atoms with van der Waals surface area (Å²) in [7, 11) is 0. The first-order valence-electron chi connectivity index (χ1n) is 8.02. The zero-order valence-corrected chi connectivity index (χ0v) is 14.4. The van der Waals surface area contributed by atoms with E-state index in [-0.39, 0.29) is 5.91 Å². The third kappa shape index (κ3) is 4.98. The van der Waals surface area contributed by atoms with Crippen molar-refractivity contribution in [1.82, 2.24) is 4.98 Å². The van der Waals surface area contributed by atoms with E-state index in [2.05, 4.69) is 10.3 Å². The lowest BCUT2D eigenvalue weighted by atomic mass is 9.99. The minimum absolute atomic E-state index is 0.128. The molecular weight excluding hydrogens is 280 g/mol. The average molecular weight is 308 g/mol. The Morgan fingerprint density at radius 1 is 1.27 bits per heavy atom. The third-order valence-corrected chi connectivity index (χ3v) is 3.43. The van der Waals surface area contributed by atoms with E-state index in [1.165, 1.54) is 0 Å². The highest BCUT2D eigenvalue weighted by Gasteiger charge is 2.33. The van der Waals surface area contributed by atoms with Crippen molar-refractivity contribution in [2.24, 2.45) is 0 Å². The predicted molar refractivity (Wildman–Crippen MR) is 88.3 cm³/mol. The number of rotatable bonds is 9. The van der Waals surface area contributed by atoms with Gasteiger partial charge in [0.25, 0.3) is 5.91 Å². The molecule has 0 saturated carbocycles. The van der Waals surface area contributed by atoms with Gasteiger partial charge in [0.2, 0.25) is 5.88 Å². The Morgan fingerprint density at radius 2 is 2.00 bits per heavy atom. The molecule has 1 rings (SSSR count). The molecule has 0 aromatic carbocycles. The van der Waals surface area contributed by atoms with Crippen LogP contribution in [0.2, 0.25) is 0 Å². The second kappa shape index (κ2) is 8.73. The zero-order valence-electron chi connectivity index (χ0n) is 14.4. The van der Waals surface area contributed by atoms with Gasteiger partial charge in [0, 0.05) is 12.7 Å². The van der Waals surface area contributed by atoms with Crippen LogP contribution in [-0.2, 0) is 9.53 Å².